The summed E-state index contributed by atoms with van der Waals surface area (Å²) in [6.07, 6.45) is 0.682. The van der Waals surface area contributed by atoms with Crippen molar-refractivity contribution < 1.29 is 9.53 Å². The van der Waals surface area contributed by atoms with Gasteiger partial charge in [0.25, 0.3) is 5.24 Å². The van der Waals surface area contributed by atoms with Crippen molar-refractivity contribution in [2.24, 2.45) is 0 Å². The summed E-state index contributed by atoms with van der Waals surface area (Å²) in [6.45, 7) is 1.89. The molecule has 0 spiro atoms. The summed E-state index contributed by atoms with van der Waals surface area (Å²) < 4.78 is 5.81. The molecule has 0 aromatic heterocycles. The number of halogens is 1. The fraction of sp³-hybridized carbons (Fsp3) is 0.133. The highest BCUT2D eigenvalue weighted by atomic mass is 35.5. The second-order valence-electron chi connectivity index (χ2n) is 4.39. The minimum Gasteiger partial charge on any atom is -0.457 e. The molecule has 1 heterocycles. The monoisotopic (exact) mass is 258 g/mol. The van der Waals surface area contributed by atoms with E-state index in [0.29, 0.717) is 12.0 Å². The maximum absolute atomic E-state index is 11.6. The number of ether oxygens (including phenoxy) is 1. The molecule has 3 heteroatoms. The fourth-order valence-corrected chi connectivity index (χ4v) is 2.61. The van der Waals surface area contributed by atoms with Crippen LogP contribution in [-0.2, 0) is 6.42 Å². The normalized spacial score (nSPS) is 12.3. The summed E-state index contributed by atoms with van der Waals surface area (Å²) in [5.41, 5.74) is 3.42. The van der Waals surface area contributed by atoms with Gasteiger partial charge in [0.05, 0.1) is 0 Å². The van der Waals surface area contributed by atoms with Crippen molar-refractivity contribution in [1.29, 1.82) is 0 Å². The van der Waals surface area contributed by atoms with Gasteiger partial charge in [-0.25, -0.2) is 0 Å². The van der Waals surface area contributed by atoms with Crippen LogP contribution in [0.1, 0.15) is 27.0 Å². The van der Waals surface area contributed by atoms with E-state index in [0.717, 1.165) is 28.2 Å². The van der Waals surface area contributed by atoms with E-state index in [-0.39, 0.29) is 0 Å². The van der Waals surface area contributed by atoms with Gasteiger partial charge in [-0.2, -0.15) is 0 Å². The first-order valence-corrected chi connectivity index (χ1v) is 6.12. The first kappa shape index (κ1) is 11.3. The lowest BCUT2D eigenvalue weighted by atomic mass is 9.93. The van der Waals surface area contributed by atoms with Crippen molar-refractivity contribution in [3.8, 4) is 11.5 Å². The van der Waals surface area contributed by atoms with Crippen LogP contribution in [0.25, 0.3) is 0 Å². The molecule has 0 saturated carbocycles. The number of para-hydroxylation sites is 1. The minimum atomic E-state index is -0.424. The molecule has 1 aliphatic heterocycles. The quantitative estimate of drug-likeness (QED) is 0.615. The Morgan fingerprint density at radius 3 is 2.72 bits per heavy atom. The van der Waals surface area contributed by atoms with Gasteiger partial charge in [0.1, 0.15) is 11.5 Å². The highest BCUT2D eigenvalue weighted by molar-refractivity contribution is 6.68. The average molecular weight is 259 g/mol. The second kappa shape index (κ2) is 4.14. The summed E-state index contributed by atoms with van der Waals surface area (Å²) in [5, 5.41) is -0.424. The Labute approximate surface area is 110 Å². The summed E-state index contributed by atoms with van der Waals surface area (Å²) in [7, 11) is 0. The molecule has 2 nitrogen and oxygen atoms in total. The number of aryl methyl sites for hydroxylation is 1. The Kier molecular flexibility index (Phi) is 2.60. The van der Waals surface area contributed by atoms with Crippen LogP contribution >= 0.6 is 11.6 Å². The summed E-state index contributed by atoms with van der Waals surface area (Å²) in [4.78, 5) is 11.6. The Bertz CT molecular complexity index is 647. The van der Waals surface area contributed by atoms with E-state index in [2.05, 4.69) is 0 Å². The first-order valence-electron chi connectivity index (χ1n) is 5.75. The smallest absolute Gasteiger partial charge is 0.253 e. The molecule has 0 atom stereocenters. The molecule has 0 unspecified atom stereocenters. The molecule has 0 amide bonds. The van der Waals surface area contributed by atoms with Gasteiger partial charge in [0.15, 0.2) is 0 Å². The molecule has 2 aromatic rings. The van der Waals surface area contributed by atoms with Gasteiger partial charge in [-0.05, 0) is 41.8 Å². The highest BCUT2D eigenvalue weighted by Crippen LogP contribution is 2.39. The van der Waals surface area contributed by atoms with Crippen molar-refractivity contribution in [1.82, 2.24) is 0 Å². The number of hydrogen-bond donors (Lipinski definition) is 0. The zero-order chi connectivity index (χ0) is 12.7. The van der Waals surface area contributed by atoms with Crippen LogP contribution in [0.4, 0.5) is 0 Å². The maximum Gasteiger partial charge on any atom is 0.253 e. The van der Waals surface area contributed by atoms with Crippen LogP contribution < -0.4 is 4.74 Å². The standard InChI is InChI=1S/C15H11ClO2/c1-9-6-7-13-11(14(9)15(16)17)8-10-4-2-3-5-12(10)18-13/h2-7H,8H2,1H3. The van der Waals surface area contributed by atoms with Gasteiger partial charge in [0.2, 0.25) is 0 Å². The van der Waals surface area contributed by atoms with E-state index in [4.69, 9.17) is 16.3 Å². The van der Waals surface area contributed by atoms with Crippen molar-refractivity contribution in [3.05, 3.63) is 58.7 Å². The predicted molar refractivity (Wildman–Crippen MR) is 70.7 cm³/mol. The van der Waals surface area contributed by atoms with Gasteiger partial charge >= 0.3 is 0 Å². The van der Waals surface area contributed by atoms with Gasteiger partial charge in [0, 0.05) is 17.5 Å². The Hall–Kier alpha value is -1.80. The third-order valence-corrected chi connectivity index (χ3v) is 3.42. The Morgan fingerprint density at radius 1 is 1.17 bits per heavy atom. The van der Waals surface area contributed by atoms with Crippen molar-refractivity contribution in [2.45, 2.75) is 13.3 Å². The van der Waals surface area contributed by atoms with E-state index < -0.39 is 5.24 Å². The number of rotatable bonds is 1. The lowest BCUT2D eigenvalue weighted by Crippen LogP contribution is -2.09. The molecule has 0 N–H and O–H groups in total. The van der Waals surface area contributed by atoms with E-state index >= 15 is 0 Å². The van der Waals surface area contributed by atoms with Crippen LogP contribution in [-0.4, -0.2) is 5.24 Å². The van der Waals surface area contributed by atoms with Crippen LogP contribution in [0.5, 0.6) is 11.5 Å². The number of benzene rings is 2. The zero-order valence-electron chi connectivity index (χ0n) is 9.87. The second-order valence-corrected chi connectivity index (χ2v) is 4.74. The summed E-state index contributed by atoms with van der Waals surface area (Å²) >= 11 is 5.68. The number of fused-ring (bicyclic) bond motifs is 2. The van der Waals surface area contributed by atoms with E-state index in [1.165, 1.54) is 0 Å². The fourth-order valence-electron chi connectivity index (χ4n) is 2.35. The van der Waals surface area contributed by atoms with Crippen molar-refractivity contribution in [2.75, 3.05) is 0 Å². The Balaban J connectivity index is 2.19. The molecule has 18 heavy (non-hydrogen) atoms. The van der Waals surface area contributed by atoms with Gasteiger partial charge in [-0.3, -0.25) is 4.79 Å². The molecule has 0 saturated heterocycles. The third kappa shape index (κ3) is 1.70. The predicted octanol–water partition coefficient (Wildman–Crippen LogP) is 4.07. The molecular formula is C15H11ClO2. The summed E-state index contributed by atoms with van der Waals surface area (Å²) in [5.74, 6) is 1.57. The lowest BCUT2D eigenvalue weighted by Gasteiger charge is -2.22. The lowest BCUT2D eigenvalue weighted by molar-refractivity contribution is 0.107. The summed E-state index contributed by atoms with van der Waals surface area (Å²) in [6, 6.07) is 11.6. The zero-order valence-corrected chi connectivity index (χ0v) is 10.6. The molecule has 0 radical (unpaired) electrons. The molecule has 3 rings (SSSR count). The first-order chi connectivity index (χ1) is 8.66. The van der Waals surface area contributed by atoms with Crippen LogP contribution in [0.3, 0.4) is 0 Å². The third-order valence-electron chi connectivity index (χ3n) is 3.23. The van der Waals surface area contributed by atoms with Gasteiger partial charge in [-0.1, -0.05) is 24.3 Å². The maximum atomic E-state index is 11.6. The number of carbonyl (C=O) groups excluding carboxylic acids is 1. The van der Waals surface area contributed by atoms with Crippen LogP contribution in [0.15, 0.2) is 36.4 Å². The van der Waals surface area contributed by atoms with E-state index in [1.54, 1.807) is 0 Å². The average Bonchev–Trinajstić information content (AvgIpc) is 2.36. The van der Waals surface area contributed by atoms with Crippen LogP contribution in [0.2, 0.25) is 0 Å². The van der Waals surface area contributed by atoms with Gasteiger partial charge < -0.3 is 4.74 Å². The molecule has 90 valence electrons. The highest BCUT2D eigenvalue weighted by Gasteiger charge is 2.23. The molecule has 1 aliphatic rings. The molecular weight excluding hydrogens is 248 g/mol. The molecule has 0 bridgehead atoms. The number of carbonyl (C=O) groups is 1. The SMILES string of the molecule is Cc1ccc2c(c1C(=O)Cl)Cc1ccccc1O2. The minimum absolute atomic E-state index is 0.424. The van der Waals surface area contributed by atoms with Crippen molar-refractivity contribution in [3.63, 3.8) is 0 Å². The molecule has 0 aliphatic carbocycles. The number of hydrogen-bond acceptors (Lipinski definition) is 2. The molecule has 2 aromatic carbocycles. The van der Waals surface area contributed by atoms with E-state index in [1.807, 2.05) is 43.3 Å². The topological polar surface area (TPSA) is 26.3 Å². The van der Waals surface area contributed by atoms with Gasteiger partial charge in [-0.15, -0.1) is 0 Å². The molecule has 0 fully saturated rings. The van der Waals surface area contributed by atoms with Crippen LogP contribution in [0, 0.1) is 6.92 Å². The Morgan fingerprint density at radius 2 is 1.94 bits per heavy atom. The van der Waals surface area contributed by atoms with E-state index in [9.17, 15) is 4.79 Å². The largest absolute Gasteiger partial charge is 0.457 e. The van der Waals surface area contributed by atoms with Crippen molar-refractivity contribution >= 4 is 16.8 Å².